The van der Waals surface area contributed by atoms with Gasteiger partial charge in [0.2, 0.25) is 0 Å². The summed E-state index contributed by atoms with van der Waals surface area (Å²) in [5.74, 6) is 0. The van der Waals surface area contributed by atoms with Gasteiger partial charge in [-0.25, -0.2) is 9.36 Å². The van der Waals surface area contributed by atoms with Crippen molar-refractivity contribution in [1.29, 1.82) is 0 Å². The SMILES string of the molecule is Cc1nn2c3c(cccc13)B1c3c-2c2c4c5c(cc6c7cc8c(c9c(c3-n3nc(C)c%10cccc1c%103)c2n(c64)c79)C(C)(C)C(C)(C)C8(C)C)C(C)(C)C(C)(C)C5(C)C. The molecule has 5 aromatic heterocycles. The Hall–Kier alpha value is -5.10. The minimum absolute atomic E-state index is 0.00365. The van der Waals surface area contributed by atoms with Crippen LogP contribution in [0.25, 0.3) is 82.0 Å². The highest BCUT2D eigenvalue weighted by atomic mass is 15.3. The smallest absolute Gasteiger partial charge is 0.252 e. The van der Waals surface area contributed by atoms with E-state index in [1.54, 1.807) is 0 Å². The zero-order valence-electron chi connectivity index (χ0n) is 36.4. The number of rotatable bonds is 0. The third-order valence-electron chi connectivity index (χ3n) is 19.5. The van der Waals surface area contributed by atoms with Crippen molar-refractivity contribution in [2.75, 3.05) is 0 Å². The molecule has 7 heterocycles. The van der Waals surface area contributed by atoms with E-state index in [0.29, 0.717) is 0 Å². The van der Waals surface area contributed by atoms with Crippen LogP contribution in [0.3, 0.4) is 0 Å². The fraction of sp³-hybridized carbons (Fsp3) is 0.385. The molecule has 0 amide bonds. The van der Waals surface area contributed by atoms with Crippen LogP contribution in [0.5, 0.6) is 0 Å². The molecule has 5 nitrogen and oxygen atoms in total. The minimum Gasteiger partial charge on any atom is -0.307 e. The zero-order valence-corrected chi connectivity index (χ0v) is 36.4. The quantitative estimate of drug-likeness (QED) is 0.145. The maximum absolute atomic E-state index is 5.57. The first-order chi connectivity index (χ1) is 27.2. The van der Waals surface area contributed by atoms with E-state index in [2.05, 4.69) is 159 Å². The highest BCUT2D eigenvalue weighted by Crippen LogP contribution is 2.68. The van der Waals surface area contributed by atoms with E-state index in [1.807, 2.05) is 0 Å². The molecule has 0 saturated carbocycles. The third-order valence-corrected chi connectivity index (χ3v) is 19.5. The number of fused-ring (bicyclic) bond motifs is 13. The Balaban J connectivity index is 1.38. The first-order valence-corrected chi connectivity index (χ1v) is 21.7. The van der Waals surface area contributed by atoms with Crippen molar-refractivity contribution in [3.8, 4) is 11.4 Å². The van der Waals surface area contributed by atoms with Crippen LogP contribution in [0.15, 0.2) is 48.5 Å². The topological polar surface area (TPSA) is 40.0 Å². The summed E-state index contributed by atoms with van der Waals surface area (Å²) < 4.78 is 7.55. The molecule has 6 heteroatoms. The van der Waals surface area contributed by atoms with Crippen LogP contribution in [-0.2, 0) is 21.7 Å². The molecule has 5 aromatic carbocycles. The predicted molar refractivity (Wildman–Crippen MR) is 244 cm³/mol. The maximum Gasteiger partial charge on any atom is 0.252 e. The molecule has 0 saturated heterocycles. The lowest BCUT2D eigenvalue weighted by molar-refractivity contribution is 0.125. The molecule has 0 fully saturated rings. The summed E-state index contributed by atoms with van der Waals surface area (Å²) in [6, 6.07) is 19.2. The first kappa shape index (κ1) is 32.8. The lowest BCUT2D eigenvalue weighted by Gasteiger charge is -2.44. The normalized spacial score (nSPS) is 21.0. The van der Waals surface area contributed by atoms with Gasteiger partial charge in [0.1, 0.15) is 0 Å². The van der Waals surface area contributed by atoms with Crippen LogP contribution in [0.2, 0.25) is 0 Å². The van der Waals surface area contributed by atoms with Gasteiger partial charge < -0.3 is 4.40 Å². The van der Waals surface area contributed by atoms with E-state index < -0.39 is 0 Å². The second kappa shape index (κ2) is 8.62. The van der Waals surface area contributed by atoms with Crippen molar-refractivity contribution in [2.45, 2.75) is 119 Å². The standard InChI is InChI=1S/C52H50BN5/c1-23-25-17-15-19-31-40(25)57(54-23)45-35-33-37-29(47(3,4)51(11,12)49(37,7)8)21-27-28-22-30-38(50(9,10)52(13,14)48(30,5)6)34-36(44(35)56(42(27)33)43(28)34)46-39(45)53(31)32-20-16-18-26-24(2)55-58(46)41(26)32/h15-22H,1-14H3. The number of hydrogen-bond acceptors (Lipinski definition) is 2. The van der Waals surface area contributed by atoms with Crippen LogP contribution in [0, 0.1) is 24.7 Å². The Labute approximate surface area is 339 Å². The molecule has 2 aliphatic heterocycles. The Morgan fingerprint density at radius 3 is 1.29 bits per heavy atom. The Morgan fingerprint density at radius 1 is 0.466 bits per heavy atom. The number of nitrogens with zero attached hydrogens (tertiary/aromatic N) is 5. The van der Waals surface area contributed by atoms with Gasteiger partial charge in [-0.3, -0.25) is 0 Å². The molecule has 0 bridgehead atoms. The summed E-state index contributed by atoms with van der Waals surface area (Å²) in [4.78, 5) is 0. The summed E-state index contributed by atoms with van der Waals surface area (Å²) >= 11 is 0. The van der Waals surface area contributed by atoms with Gasteiger partial charge in [0.15, 0.2) is 0 Å². The number of hydrogen-bond donors (Lipinski definition) is 0. The first-order valence-electron chi connectivity index (χ1n) is 21.7. The number of aryl methyl sites for hydroxylation is 2. The Kier molecular flexibility index (Phi) is 4.88. The molecule has 0 spiro atoms. The molecule has 2 aliphatic carbocycles. The molecular formula is C52H50BN5. The lowest BCUT2D eigenvalue weighted by atomic mass is 9.34. The van der Waals surface area contributed by atoms with Crippen molar-refractivity contribution < 1.29 is 0 Å². The van der Waals surface area contributed by atoms with Gasteiger partial charge in [-0.05, 0) is 97.1 Å². The van der Waals surface area contributed by atoms with Gasteiger partial charge in [0.25, 0.3) is 6.71 Å². The van der Waals surface area contributed by atoms with E-state index in [9.17, 15) is 0 Å². The van der Waals surface area contributed by atoms with Gasteiger partial charge >= 0.3 is 0 Å². The van der Waals surface area contributed by atoms with Gasteiger partial charge in [-0.1, -0.05) is 119 Å². The van der Waals surface area contributed by atoms with E-state index in [-0.39, 0.29) is 39.2 Å². The molecule has 0 radical (unpaired) electrons. The molecule has 4 aliphatic rings. The van der Waals surface area contributed by atoms with Crippen LogP contribution in [0.1, 0.15) is 117 Å². The van der Waals surface area contributed by atoms with Crippen LogP contribution >= 0.6 is 0 Å². The zero-order chi connectivity index (χ0) is 40.2. The van der Waals surface area contributed by atoms with E-state index in [0.717, 1.165) is 11.4 Å². The van der Waals surface area contributed by atoms with E-state index in [1.165, 1.54) is 121 Å². The van der Waals surface area contributed by atoms with E-state index in [4.69, 9.17) is 10.2 Å². The molecule has 286 valence electrons. The highest BCUT2D eigenvalue weighted by molar-refractivity contribution is 7.00. The summed E-state index contributed by atoms with van der Waals surface area (Å²) in [5.41, 5.74) is 21.2. The maximum atomic E-state index is 5.57. The van der Waals surface area contributed by atoms with Gasteiger partial charge in [0, 0.05) is 43.1 Å². The molecule has 58 heavy (non-hydrogen) atoms. The summed E-state index contributed by atoms with van der Waals surface area (Å²) in [6.07, 6.45) is 0. The van der Waals surface area contributed by atoms with Crippen molar-refractivity contribution in [3.05, 3.63) is 82.2 Å². The molecule has 10 aromatic rings. The molecule has 0 atom stereocenters. The molecule has 0 unspecified atom stereocenters. The van der Waals surface area contributed by atoms with Crippen molar-refractivity contribution in [1.82, 2.24) is 24.0 Å². The number of aromatic nitrogens is 5. The van der Waals surface area contributed by atoms with Crippen LogP contribution in [0.4, 0.5) is 0 Å². The average molecular weight is 756 g/mol. The highest BCUT2D eigenvalue weighted by Gasteiger charge is 2.61. The Bertz CT molecular complexity index is 3410. The second-order valence-electron chi connectivity index (χ2n) is 22.3. The van der Waals surface area contributed by atoms with Gasteiger partial charge in [-0.2, -0.15) is 10.2 Å². The van der Waals surface area contributed by atoms with Crippen LogP contribution in [-0.4, -0.2) is 30.7 Å². The summed E-state index contributed by atoms with van der Waals surface area (Å²) in [6.45, 7) is 34.7. The average Bonchev–Trinajstić information content (AvgIpc) is 3.98. The number of benzene rings is 5. The molecule has 14 rings (SSSR count). The molecular weight excluding hydrogens is 705 g/mol. The fourth-order valence-electron chi connectivity index (χ4n) is 14.3. The third kappa shape index (κ3) is 2.75. The lowest BCUT2D eigenvalue weighted by Crippen LogP contribution is -2.59. The monoisotopic (exact) mass is 755 g/mol. The summed E-state index contributed by atoms with van der Waals surface area (Å²) in [5, 5.41) is 22.1. The predicted octanol–water partition coefficient (Wildman–Crippen LogP) is 10.5. The van der Waals surface area contributed by atoms with Crippen LogP contribution < -0.4 is 16.4 Å². The van der Waals surface area contributed by atoms with Crippen molar-refractivity contribution in [3.63, 3.8) is 0 Å². The van der Waals surface area contributed by atoms with Crippen molar-refractivity contribution in [2.24, 2.45) is 10.8 Å². The van der Waals surface area contributed by atoms with Gasteiger partial charge in [0.05, 0.1) is 50.3 Å². The van der Waals surface area contributed by atoms with E-state index >= 15 is 0 Å². The van der Waals surface area contributed by atoms with Crippen molar-refractivity contribution >= 4 is 93.8 Å². The van der Waals surface area contributed by atoms with Gasteiger partial charge in [-0.15, -0.1) is 0 Å². The molecule has 0 N–H and O–H groups in total. The largest absolute Gasteiger partial charge is 0.307 e. The Morgan fingerprint density at radius 2 is 0.879 bits per heavy atom. The minimum atomic E-state index is -0.0992. The number of para-hydroxylation sites is 2. The summed E-state index contributed by atoms with van der Waals surface area (Å²) in [7, 11) is 0. The fourth-order valence-corrected chi connectivity index (χ4v) is 14.3. The second-order valence-corrected chi connectivity index (χ2v) is 22.3.